The van der Waals surface area contributed by atoms with Gasteiger partial charge in [-0.25, -0.2) is 9.55 Å². The van der Waals surface area contributed by atoms with Gasteiger partial charge in [-0.15, -0.1) is 0 Å². The fraction of sp³-hybridized carbons (Fsp3) is 0.160. The Kier molecular flexibility index (Phi) is 2.69. The molecule has 6 rings (SSSR count). The van der Waals surface area contributed by atoms with Gasteiger partial charge in [0.2, 0.25) is 0 Å². The van der Waals surface area contributed by atoms with E-state index < -0.39 is 6.85 Å². The average molecular weight is 380 g/mol. The van der Waals surface area contributed by atoms with Crippen LogP contribution in [0.1, 0.15) is 26.6 Å². The van der Waals surface area contributed by atoms with Crippen molar-refractivity contribution in [3.63, 3.8) is 0 Å². The number of hydrogen-bond acceptors (Lipinski definition) is 2. The third-order valence-corrected chi connectivity index (χ3v) is 6.00. The fourth-order valence-corrected chi connectivity index (χ4v) is 4.56. The summed E-state index contributed by atoms with van der Waals surface area (Å²) in [5.74, 6) is 0.882. The molecule has 0 saturated heterocycles. The molecular weight excluding hydrogens is 356 g/mol. The monoisotopic (exact) mass is 380 g/mol. The Bertz CT molecular complexity index is 1560. The van der Waals surface area contributed by atoms with Gasteiger partial charge in [0.25, 0.3) is 6.33 Å². The first-order valence-corrected chi connectivity index (χ1v) is 9.72. The molecule has 0 amide bonds. The van der Waals surface area contributed by atoms with Crippen LogP contribution in [-0.2, 0) is 13.5 Å². The summed E-state index contributed by atoms with van der Waals surface area (Å²) in [6.07, 6.45) is 2.48. The number of hydrogen-bond donors (Lipinski definition) is 0. The zero-order valence-electron chi connectivity index (χ0n) is 19.3. The van der Waals surface area contributed by atoms with Crippen LogP contribution in [0, 0.1) is 13.8 Å². The third-order valence-electron chi connectivity index (χ3n) is 6.00. The lowest BCUT2D eigenvalue weighted by molar-refractivity contribution is -0.662. The van der Waals surface area contributed by atoms with Crippen molar-refractivity contribution in [2.45, 2.75) is 20.2 Å². The SMILES string of the molecule is [2H]C([2H])([2H])c1c(C)c(-c2c3ccccc3nc[n+]2C)cc2c1nc1n2-c2ccccc2C1. The molecule has 29 heavy (non-hydrogen) atoms. The van der Waals surface area contributed by atoms with Crippen molar-refractivity contribution in [2.75, 3.05) is 0 Å². The molecule has 4 heteroatoms. The van der Waals surface area contributed by atoms with Crippen LogP contribution >= 0.6 is 0 Å². The molecule has 0 fully saturated rings. The van der Waals surface area contributed by atoms with Crippen molar-refractivity contribution >= 4 is 21.9 Å². The highest BCUT2D eigenvalue weighted by atomic mass is 15.1. The van der Waals surface area contributed by atoms with Gasteiger partial charge in [0.1, 0.15) is 11.5 Å². The molecule has 0 radical (unpaired) electrons. The van der Waals surface area contributed by atoms with E-state index in [1.807, 2.05) is 54.9 Å². The van der Waals surface area contributed by atoms with Gasteiger partial charge in [0.15, 0.2) is 5.52 Å². The number of imidazole rings is 1. The van der Waals surface area contributed by atoms with Gasteiger partial charge in [-0.2, -0.15) is 0 Å². The quantitative estimate of drug-likeness (QED) is 0.391. The van der Waals surface area contributed by atoms with Crippen LogP contribution in [0.2, 0.25) is 0 Å². The van der Waals surface area contributed by atoms with E-state index in [-0.39, 0.29) is 0 Å². The normalized spacial score (nSPS) is 14.5. The lowest BCUT2D eigenvalue weighted by Gasteiger charge is -2.13. The molecule has 4 nitrogen and oxygen atoms in total. The Morgan fingerprint density at radius 1 is 1.07 bits per heavy atom. The van der Waals surface area contributed by atoms with Gasteiger partial charge in [0.05, 0.1) is 29.2 Å². The Morgan fingerprint density at radius 3 is 2.79 bits per heavy atom. The summed E-state index contributed by atoms with van der Waals surface area (Å²) in [7, 11) is 1.95. The summed E-state index contributed by atoms with van der Waals surface area (Å²) in [6, 6.07) is 18.3. The van der Waals surface area contributed by atoms with Crippen molar-refractivity contribution in [1.82, 2.24) is 14.5 Å². The maximum Gasteiger partial charge on any atom is 0.287 e. The van der Waals surface area contributed by atoms with Crippen molar-refractivity contribution in [2.24, 2.45) is 7.05 Å². The van der Waals surface area contributed by atoms with E-state index in [1.165, 1.54) is 5.56 Å². The van der Waals surface area contributed by atoms with Crippen LogP contribution in [0.4, 0.5) is 0 Å². The molecule has 1 aliphatic rings. The molecule has 0 bridgehead atoms. The van der Waals surface area contributed by atoms with Crippen molar-refractivity contribution in [3.8, 4) is 16.9 Å². The molecule has 140 valence electrons. The predicted molar refractivity (Wildman–Crippen MR) is 115 cm³/mol. The maximum absolute atomic E-state index is 8.34. The molecule has 0 saturated carbocycles. The van der Waals surface area contributed by atoms with E-state index in [2.05, 4.69) is 27.8 Å². The van der Waals surface area contributed by atoms with E-state index >= 15 is 0 Å². The van der Waals surface area contributed by atoms with Crippen LogP contribution < -0.4 is 4.57 Å². The molecule has 5 aromatic rings. The van der Waals surface area contributed by atoms with Gasteiger partial charge >= 0.3 is 0 Å². The maximum atomic E-state index is 8.34. The molecule has 2 aromatic heterocycles. The molecule has 0 atom stereocenters. The number of aryl methyl sites for hydroxylation is 2. The van der Waals surface area contributed by atoms with Crippen molar-refractivity contribution in [1.29, 1.82) is 0 Å². The summed E-state index contributed by atoms with van der Waals surface area (Å²) >= 11 is 0. The Balaban J connectivity index is 1.78. The fourth-order valence-electron chi connectivity index (χ4n) is 4.56. The number of rotatable bonds is 1. The van der Waals surface area contributed by atoms with Gasteiger partial charge in [-0.05, 0) is 59.7 Å². The highest BCUT2D eigenvalue weighted by Crippen LogP contribution is 2.37. The van der Waals surface area contributed by atoms with Gasteiger partial charge in [0, 0.05) is 16.1 Å². The first-order chi connectivity index (χ1) is 15.3. The topological polar surface area (TPSA) is 34.6 Å². The third kappa shape index (κ3) is 2.17. The first-order valence-electron chi connectivity index (χ1n) is 11.2. The highest BCUT2D eigenvalue weighted by molar-refractivity contribution is 5.96. The standard InChI is InChI=1S/C25H21N4/c1-15-16(2)24-22(29-21-11-7-4-8-17(21)12-23(29)27-24)13-19(15)25-18-9-5-6-10-20(18)26-14-28(25)3/h4-11,13-14H,12H2,1-3H3/q+1/i2D3. The summed E-state index contributed by atoms with van der Waals surface area (Å²) < 4.78 is 29.1. The Labute approximate surface area is 173 Å². The molecule has 3 aromatic carbocycles. The zero-order chi connectivity index (χ0) is 22.2. The van der Waals surface area contributed by atoms with E-state index in [4.69, 9.17) is 9.10 Å². The van der Waals surface area contributed by atoms with E-state index in [0.29, 0.717) is 17.5 Å². The predicted octanol–water partition coefficient (Wildman–Crippen LogP) is 4.59. The van der Waals surface area contributed by atoms with Crippen molar-refractivity contribution < 1.29 is 8.68 Å². The minimum absolute atomic E-state index is 0.324. The number of benzene rings is 3. The first kappa shape index (κ1) is 13.6. The van der Waals surface area contributed by atoms with Crippen LogP contribution in [0.3, 0.4) is 0 Å². The number of fused-ring (bicyclic) bond motifs is 6. The van der Waals surface area contributed by atoms with Crippen LogP contribution in [0.25, 0.3) is 38.9 Å². The summed E-state index contributed by atoms with van der Waals surface area (Å²) in [4.78, 5) is 9.38. The second-order valence-electron chi connectivity index (χ2n) is 7.68. The Morgan fingerprint density at radius 2 is 1.90 bits per heavy atom. The summed E-state index contributed by atoms with van der Waals surface area (Å²) in [5.41, 5.74) is 7.43. The highest BCUT2D eigenvalue weighted by Gasteiger charge is 2.26. The molecule has 0 N–H and O–H groups in total. The second kappa shape index (κ2) is 5.74. The summed E-state index contributed by atoms with van der Waals surface area (Å²) in [6.45, 7) is -0.390. The lowest BCUT2D eigenvalue weighted by Crippen LogP contribution is -2.31. The number of nitrogens with zero attached hydrogens (tertiary/aromatic N) is 4. The van der Waals surface area contributed by atoms with E-state index in [1.54, 1.807) is 6.33 Å². The van der Waals surface area contributed by atoms with Crippen LogP contribution in [0.5, 0.6) is 0 Å². The summed E-state index contributed by atoms with van der Waals surface area (Å²) in [5, 5.41) is 0.984. The molecule has 0 unspecified atom stereocenters. The second-order valence-corrected chi connectivity index (χ2v) is 7.68. The van der Waals surface area contributed by atoms with Crippen molar-refractivity contribution in [3.05, 3.63) is 83.4 Å². The molecule has 1 aliphatic heterocycles. The number of aromatic nitrogens is 4. The average Bonchev–Trinajstić information content (AvgIpc) is 3.28. The molecular formula is C25H21N4+. The minimum Gasteiger partial charge on any atom is -0.296 e. The van der Waals surface area contributed by atoms with Gasteiger partial charge in [-0.3, -0.25) is 4.57 Å². The Hall–Kier alpha value is -3.53. The zero-order valence-corrected chi connectivity index (χ0v) is 16.3. The van der Waals surface area contributed by atoms with E-state index in [9.17, 15) is 0 Å². The van der Waals surface area contributed by atoms with Gasteiger partial charge in [-0.1, -0.05) is 30.3 Å². The van der Waals surface area contributed by atoms with Gasteiger partial charge < -0.3 is 0 Å². The molecule has 0 spiro atoms. The smallest absolute Gasteiger partial charge is 0.287 e. The molecule has 0 aliphatic carbocycles. The van der Waals surface area contributed by atoms with E-state index in [0.717, 1.165) is 44.8 Å². The minimum atomic E-state index is -2.28. The van der Waals surface area contributed by atoms with Crippen LogP contribution in [-0.4, -0.2) is 14.5 Å². The lowest BCUT2D eigenvalue weighted by atomic mass is 9.96. The van der Waals surface area contributed by atoms with Crippen LogP contribution in [0.15, 0.2) is 60.9 Å². The molecule has 3 heterocycles. The largest absolute Gasteiger partial charge is 0.296 e. The number of para-hydroxylation sites is 2.